The van der Waals surface area contributed by atoms with Crippen LogP contribution in [0, 0.1) is 12.3 Å². The Labute approximate surface area is 125 Å². The van der Waals surface area contributed by atoms with Crippen LogP contribution in [0.2, 0.25) is 0 Å². The molecule has 0 aliphatic carbocycles. The zero-order valence-electron chi connectivity index (χ0n) is 12.8. The van der Waals surface area contributed by atoms with E-state index in [2.05, 4.69) is 10.6 Å². The normalized spacial score (nSPS) is 22.1. The van der Waals surface area contributed by atoms with Crippen molar-refractivity contribution < 1.29 is 14.3 Å². The SMILES string of the molecule is COc1ccc(C)cc1NC(=O)C1(C)CCCCNC1=O. The van der Waals surface area contributed by atoms with E-state index in [4.69, 9.17) is 4.74 Å². The third-order valence-electron chi connectivity index (χ3n) is 3.99. The lowest BCUT2D eigenvalue weighted by Crippen LogP contribution is -2.45. The molecule has 1 fully saturated rings. The Balaban J connectivity index is 2.24. The van der Waals surface area contributed by atoms with Crippen molar-refractivity contribution in [2.75, 3.05) is 19.0 Å². The Kier molecular flexibility index (Phi) is 4.50. The highest BCUT2D eigenvalue weighted by atomic mass is 16.5. The zero-order chi connectivity index (χ0) is 15.5. The molecule has 0 bridgehead atoms. The first-order valence-corrected chi connectivity index (χ1v) is 7.22. The van der Waals surface area contributed by atoms with E-state index in [0.717, 1.165) is 18.4 Å². The molecule has 0 spiro atoms. The molecule has 0 radical (unpaired) electrons. The smallest absolute Gasteiger partial charge is 0.239 e. The molecule has 1 heterocycles. The minimum atomic E-state index is -1.04. The highest BCUT2D eigenvalue weighted by Crippen LogP contribution is 2.31. The van der Waals surface area contributed by atoms with Gasteiger partial charge in [0.1, 0.15) is 11.2 Å². The molecule has 0 saturated carbocycles. The summed E-state index contributed by atoms with van der Waals surface area (Å²) in [6.07, 6.45) is 2.31. The highest BCUT2D eigenvalue weighted by Gasteiger charge is 2.41. The molecule has 114 valence electrons. The molecule has 1 unspecified atom stereocenters. The van der Waals surface area contributed by atoms with E-state index in [1.165, 1.54) is 0 Å². The summed E-state index contributed by atoms with van der Waals surface area (Å²) < 4.78 is 5.26. The monoisotopic (exact) mass is 290 g/mol. The van der Waals surface area contributed by atoms with Gasteiger partial charge in [0.25, 0.3) is 0 Å². The second-order valence-corrected chi connectivity index (χ2v) is 5.70. The van der Waals surface area contributed by atoms with Crippen molar-refractivity contribution >= 4 is 17.5 Å². The minimum Gasteiger partial charge on any atom is -0.495 e. The van der Waals surface area contributed by atoms with Crippen LogP contribution in [0.5, 0.6) is 5.75 Å². The first kappa shape index (κ1) is 15.4. The predicted molar refractivity (Wildman–Crippen MR) is 81.3 cm³/mol. The van der Waals surface area contributed by atoms with E-state index in [-0.39, 0.29) is 11.8 Å². The Morgan fingerprint density at radius 3 is 2.86 bits per heavy atom. The number of aryl methyl sites for hydroxylation is 1. The van der Waals surface area contributed by atoms with Crippen molar-refractivity contribution in [2.45, 2.75) is 33.1 Å². The van der Waals surface area contributed by atoms with Gasteiger partial charge < -0.3 is 15.4 Å². The van der Waals surface area contributed by atoms with Crippen LogP contribution in [-0.2, 0) is 9.59 Å². The summed E-state index contributed by atoms with van der Waals surface area (Å²) in [7, 11) is 1.56. The van der Waals surface area contributed by atoms with Gasteiger partial charge in [-0.1, -0.05) is 12.5 Å². The van der Waals surface area contributed by atoms with Gasteiger partial charge in [0.15, 0.2) is 0 Å². The lowest BCUT2D eigenvalue weighted by molar-refractivity contribution is -0.139. The van der Waals surface area contributed by atoms with Crippen LogP contribution in [-0.4, -0.2) is 25.5 Å². The molecule has 1 saturated heterocycles. The van der Waals surface area contributed by atoms with E-state index in [1.807, 2.05) is 19.1 Å². The largest absolute Gasteiger partial charge is 0.495 e. The summed E-state index contributed by atoms with van der Waals surface area (Å²) in [6, 6.07) is 5.56. The van der Waals surface area contributed by atoms with Crippen molar-refractivity contribution in [3.63, 3.8) is 0 Å². The van der Waals surface area contributed by atoms with Crippen LogP contribution in [0.4, 0.5) is 5.69 Å². The van der Waals surface area contributed by atoms with E-state index >= 15 is 0 Å². The van der Waals surface area contributed by atoms with Gasteiger partial charge in [0.2, 0.25) is 11.8 Å². The molecule has 1 aliphatic rings. The van der Waals surface area contributed by atoms with Crippen LogP contribution in [0.25, 0.3) is 0 Å². The van der Waals surface area contributed by atoms with Crippen molar-refractivity contribution in [1.29, 1.82) is 0 Å². The maximum atomic E-state index is 12.6. The Hall–Kier alpha value is -2.04. The molecule has 5 nitrogen and oxygen atoms in total. The molecule has 1 aliphatic heterocycles. The fourth-order valence-electron chi connectivity index (χ4n) is 2.51. The van der Waals surface area contributed by atoms with Gasteiger partial charge in [-0.05, 0) is 44.4 Å². The first-order chi connectivity index (χ1) is 9.97. The fourth-order valence-corrected chi connectivity index (χ4v) is 2.51. The van der Waals surface area contributed by atoms with Gasteiger partial charge in [-0.2, -0.15) is 0 Å². The van der Waals surface area contributed by atoms with Gasteiger partial charge in [0.05, 0.1) is 12.8 Å². The van der Waals surface area contributed by atoms with Crippen LogP contribution in [0.15, 0.2) is 18.2 Å². The van der Waals surface area contributed by atoms with Crippen LogP contribution in [0.3, 0.4) is 0 Å². The third-order valence-corrected chi connectivity index (χ3v) is 3.99. The highest BCUT2D eigenvalue weighted by molar-refractivity contribution is 6.10. The number of carbonyl (C=O) groups excluding carboxylic acids is 2. The Morgan fingerprint density at radius 2 is 2.14 bits per heavy atom. The number of nitrogens with one attached hydrogen (secondary N) is 2. The van der Waals surface area contributed by atoms with Crippen LogP contribution < -0.4 is 15.4 Å². The quantitative estimate of drug-likeness (QED) is 0.839. The van der Waals surface area contributed by atoms with Crippen LogP contribution in [0.1, 0.15) is 31.7 Å². The molecular formula is C16H22N2O3. The molecule has 2 rings (SSSR count). The summed E-state index contributed by atoms with van der Waals surface area (Å²) in [6.45, 7) is 4.27. The number of amides is 2. The average molecular weight is 290 g/mol. The molecule has 1 atom stereocenters. The first-order valence-electron chi connectivity index (χ1n) is 7.22. The molecule has 0 aromatic heterocycles. The lowest BCUT2D eigenvalue weighted by atomic mass is 9.83. The number of ether oxygens (including phenoxy) is 1. The van der Waals surface area contributed by atoms with Crippen molar-refractivity contribution in [2.24, 2.45) is 5.41 Å². The van der Waals surface area contributed by atoms with Crippen molar-refractivity contribution in [3.05, 3.63) is 23.8 Å². The molecular weight excluding hydrogens is 268 g/mol. The predicted octanol–water partition coefficient (Wildman–Crippen LogP) is 2.25. The number of carbonyl (C=O) groups is 2. The van der Waals surface area contributed by atoms with Crippen molar-refractivity contribution in [3.8, 4) is 5.75 Å². The van der Waals surface area contributed by atoms with Crippen LogP contribution >= 0.6 is 0 Å². The number of rotatable bonds is 3. The molecule has 1 aromatic carbocycles. The summed E-state index contributed by atoms with van der Waals surface area (Å²) in [4.78, 5) is 24.8. The lowest BCUT2D eigenvalue weighted by Gasteiger charge is -2.25. The van der Waals surface area contributed by atoms with E-state index in [1.54, 1.807) is 20.1 Å². The zero-order valence-corrected chi connectivity index (χ0v) is 12.8. The summed E-state index contributed by atoms with van der Waals surface area (Å²) in [5.41, 5.74) is 0.577. The van der Waals surface area contributed by atoms with E-state index < -0.39 is 5.41 Å². The number of benzene rings is 1. The number of hydrogen-bond donors (Lipinski definition) is 2. The van der Waals surface area contributed by atoms with Crippen molar-refractivity contribution in [1.82, 2.24) is 5.32 Å². The van der Waals surface area contributed by atoms with E-state index in [9.17, 15) is 9.59 Å². The minimum absolute atomic E-state index is 0.205. The fraction of sp³-hybridized carbons (Fsp3) is 0.500. The average Bonchev–Trinajstić information content (AvgIpc) is 2.62. The van der Waals surface area contributed by atoms with E-state index in [0.29, 0.717) is 24.4 Å². The van der Waals surface area contributed by atoms with Gasteiger partial charge in [-0.3, -0.25) is 9.59 Å². The van der Waals surface area contributed by atoms with Gasteiger partial charge in [-0.25, -0.2) is 0 Å². The standard InChI is InChI=1S/C16H22N2O3/c1-11-6-7-13(21-3)12(10-11)18-15(20)16(2)8-4-5-9-17-14(16)19/h6-7,10H,4-5,8-9H2,1-3H3,(H,17,19)(H,18,20). The van der Waals surface area contributed by atoms with Gasteiger partial charge >= 0.3 is 0 Å². The number of hydrogen-bond acceptors (Lipinski definition) is 3. The molecule has 1 aromatic rings. The maximum Gasteiger partial charge on any atom is 0.239 e. The second-order valence-electron chi connectivity index (χ2n) is 5.70. The molecule has 21 heavy (non-hydrogen) atoms. The van der Waals surface area contributed by atoms with Gasteiger partial charge in [0, 0.05) is 6.54 Å². The topological polar surface area (TPSA) is 67.4 Å². The number of anilines is 1. The Bertz CT molecular complexity index is 556. The second kappa shape index (κ2) is 6.16. The summed E-state index contributed by atoms with van der Waals surface area (Å²) >= 11 is 0. The molecule has 5 heteroatoms. The maximum absolute atomic E-state index is 12.6. The molecule has 2 amide bonds. The Morgan fingerprint density at radius 1 is 1.38 bits per heavy atom. The van der Waals surface area contributed by atoms with Gasteiger partial charge in [-0.15, -0.1) is 0 Å². The number of methoxy groups -OCH3 is 1. The summed E-state index contributed by atoms with van der Waals surface area (Å²) in [5, 5.41) is 5.66. The summed E-state index contributed by atoms with van der Waals surface area (Å²) in [5.74, 6) is 0.0986. The molecule has 2 N–H and O–H groups in total. The third kappa shape index (κ3) is 3.17.